The van der Waals surface area contributed by atoms with Gasteiger partial charge in [0, 0.05) is 16.1 Å². The van der Waals surface area contributed by atoms with E-state index in [0.29, 0.717) is 4.47 Å². The first-order chi connectivity index (χ1) is 6.56. The Kier molecular flexibility index (Phi) is 3.03. The SMILES string of the molecule is O=[N+]([O-])c1cc(Br)cc(C=NO)c1O. The molecule has 0 radical (unpaired) electrons. The van der Waals surface area contributed by atoms with Crippen LogP contribution in [0.3, 0.4) is 0 Å². The second-order valence-electron chi connectivity index (χ2n) is 2.36. The molecule has 0 spiro atoms. The Morgan fingerprint density at radius 1 is 1.57 bits per heavy atom. The monoisotopic (exact) mass is 260 g/mol. The summed E-state index contributed by atoms with van der Waals surface area (Å²) in [5.74, 6) is -0.531. The Hall–Kier alpha value is -1.63. The van der Waals surface area contributed by atoms with E-state index in [1.807, 2.05) is 0 Å². The van der Waals surface area contributed by atoms with Crippen LogP contribution in [0.2, 0.25) is 0 Å². The molecular formula is C7H5BrN2O4. The minimum Gasteiger partial charge on any atom is -0.502 e. The molecule has 0 aliphatic carbocycles. The molecule has 0 fully saturated rings. The molecule has 1 aromatic rings. The average Bonchev–Trinajstić information content (AvgIpc) is 2.10. The zero-order valence-corrected chi connectivity index (χ0v) is 8.30. The first-order valence-electron chi connectivity index (χ1n) is 3.40. The molecule has 2 N–H and O–H groups in total. The fraction of sp³-hybridized carbons (Fsp3) is 0. The molecule has 0 aromatic heterocycles. The van der Waals surface area contributed by atoms with Gasteiger partial charge in [0.25, 0.3) is 0 Å². The highest BCUT2D eigenvalue weighted by Crippen LogP contribution is 2.32. The van der Waals surface area contributed by atoms with E-state index in [2.05, 4.69) is 21.1 Å². The molecule has 0 saturated carbocycles. The van der Waals surface area contributed by atoms with E-state index >= 15 is 0 Å². The van der Waals surface area contributed by atoms with Crippen molar-refractivity contribution in [1.82, 2.24) is 0 Å². The fourth-order valence-corrected chi connectivity index (χ4v) is 1.37. The lowest BCUT2D eigenvalue weighted by molar-refractivity contribution is -0.385. The summed E-state index contributed by atoms with van der Waals surface area (Å²) in [7, 11) is 0. The van der Waals surface area contributed by atoms with Gasteiger partial charge in [-0.15, -0.1) is 0 Å². The van der Waals surface area contributed by atoms with Crippen molar-refractivity contribution < 1.29 is 15.2 Å². The molecule has 0 saturated heterocycles. The number of phenols is 1. The Labute approximate surface area is 86.8 Å². The van der Waals surface area contributed by atoms with Crippen molar-refractivity contribution in [2.75, 3.05) is 0 Å². The van der Waals surface area contributed by atoms with Crippen LogP contribution in [0.15, 0.2) is 21.8 Å². The summed E-state index contributed by atoms with van der Waals surface area (Å²) in [6.07, 6.45) is 0.910. The van der Waals surface area contributed by atoms with Gasteiger partial charge in [-0.2, -0.15) is 0 Å². The molecule has 14 heavy (non-hydrogen) atoms. The zero-order valence-electron chi connectivity index (χ0n) is 6.72. The van der Waals surface area contributed by atoms with Crippen molar-refractivity contribution in [1.29, 1.82) is 0 Å². The van der Waals surface area contributed by atoms with Crippen LogP contribution in [-0.4, -0.2) is 21.5 Å². The Morgan fingerprint density at radius 2 is 2.21 bits per heavy atom. The number of nitrogens with zero attached hydrogens (tertiary/aromatic N) is 2. The first-order valence-corrected chi connectivity index (χ1v) is 4.20. The topological polar surface area (TPSA) is 96.0 Å². The summed E-state index contributed by atoms with van der Waals surface area (Å²) >= 11 is 3.03. The highest BCUT2D eigenvalue weighted by molar-refractivity contribution is 9.10. The smallest absolute Gasteiger partial charge is 0.312 e. The van der Waals surface area contributed by atoms with Crippen molar-refractivity contribution in [3.05, 3.63) is 32.3 Å². The van der Waals surface area contributed by atoms with E-state index in [4.69, 9.17) is 5.21 Å². The highest BCUT2D eigenvalue weighted by atomic mass is 79.9. The molecule has 1 rings (SSSR count). The van der Waals surface area contributed by atoms with Crippen molar-refractivity contribution in [2.45, 2.75) is 0 Å². The molecule has 0 unspecified atom stereocenters. The van der Waals surface area contributed by atoms with Gasteiger partial charge in [-0.25, -0.2) is 0 Å². The van der Waals surface area contributed by atoms with Crippen LogP contribution in [-0.2, 0) is 0 Å². The van der Waals surface area contributed by atoms with Gasteiger partial charge in [-0.1, -0.05) is 21.1 Å². The second-order valence-corrected chi connectivity index (χ2v) is 3.28. The molecule has 7 heteroatoms. The van der Waals surface area contributed by atoms with Gasteiger partial charge in [-0.05, 0) is 6.07 Å². The van der Waals surface area contributed by atoms with Gasteiger partial charge in [0.05, 0.1) is 11.1 Å². The maximum Gasteiger partial charge on any atom is 0.312 e. The first kappa shape index (κ1) is 10.5. The number of aromatic hydroxyl groups is 1. The summed E-state index contributed by atoms with van der Waals surface area (Å²) in [5, 5.41) is 30.7. The molecule has 0 heterocycles. The fourth-order valence-electron chi connectivity index (χ4n) is 0.905. The maximum atomic E-state index is 10.4. The molecule has 1 aromatic carbocycles. The Balaban J connectivity index is 3.39. The molecule has 6 nitrogen and oxygen atoms in total. The van der Waals surface area contributed by atoms with Gasteiger partial charge in [-0.3, -0.25) is 10.1 Å². The third kappa shape index (κ3) is 1.99. The predicted octanol–water partition coefficient (Wildman–Crippen LogP) is 1.87. The minimum atomic E-state index is -0.727. The van der Waals surface area contributed by atoms with E-state index in [-0.39, 0.29) is 5.56 Å². The van der Waals surface area contributed by atoms with Crippen LogP contribution in [0.25, 0.3) is 0 Å². The summed E-state index contributed by atoms with van der Waals surface area (Å²) in [6, 6.07) is 2.55. The molecule has 0 aliphatic rings. The number of rotatable bonds is 2. The summed E-state index contributed by atoms with van der Waals surface area (Å²) in [6.45, 7) is 0. The van der Waals surface area contributed by atoms with E-state index in [0.717, 1.165) is 12.3 Å². The van der Waals surface area contributed by atoms with Gasteiger partial charge < -0.3 is 10.3 Å². The average molecular weight is 261 g/mol. The van der Waals surface area contributed by atoms with Crippen LogP contribution >= 0.6 is 15.9 Å². The lowest BCUT2D eigenvalue weighted by Crippen LogP contribution is -1.92. The number of phenolic OH excluding ortho intramolecular Hbond substituents is 1. The standard InChI is InChI=1S/C7H5BrN2O4/c8-5-1-4(3-9-12)7(11)6(2-5)10(13)14/h1-3,11-12H. The van der Waals surface area contributed by atoms with E-state index in [1.54, 1.807) is 0 Å². The number of nitro groups is 1. The van der Waals surface area contributed by atoms with Crippen molar-refractivity contribution in [2.24, 2.45) is 5.16 Å². The van der Waals surface area contributed by atoms with Gasteiger partial charge >= 0.3 is 5.69 Å². The quantitative estimate of drug-likeness (QED) is 0.367. The van der Waals surface area contributed by atoms with E-state index in [1.165, 1.54) is 6.07 Å². The lowest BCUT2D eigenvalue weighted by atomic mass is 10.2. The number of hydrogen-bond acceptors (Lipinski definition) is 5. The zero-order chi connectivity index (χ0) is 10.7. The lowest BCUT2D eigenvalue weighted by Gasteiger charge is -2.00. The van der Waals surface area contributed by atoms with Gasteiger partial charge in [0.1, 0.15) is 0 Å². The van der Waals surface area contributed by atoms with E-state index < -0.39 is 16.4 Å². The van der Waals surface area contributed by atoms with Crippen molar-refractivity contribution in [3.8, 4) is 5.75 Å². The molecular weight excluding hydrogens is 256 g/mol. The van der Waals surface area contributed by atoms with Crippen LogP contribution in [0.4, 0.5) is 5.69 Å². The molecule has 0 amide bonds. The number of halogens is 1. The number of oxime groups is 1. The summed E-state index contributed by atoms with van der Waals surface area (Å²) in [5.41, 5.74) is -0.386. The highest BCUT2D eigenvalue weighted by Gasteiger charge is 2.17. The van der Waals surface area contributed by atoms with Crippen LogP contribution in [0.5, 0.6) is 5.75 Å². The third-order valence-corrected chi connectivity index (χ3v) is 1.94. The van der Waals surface area contributed by atoms with Crippen molar-refractivity contribution in [3.63, 3.8) is 0 Å². The molecule has 74 valence electrons. The third-order valence-electron chi connectivity index (χ3n) is 1.48. The maximum absolute atomic E-state index is 10.4. The largest absolute Gasteiger partial charge is 0.502 e. The Bertz CT molecular complexity index is 405. The summed E-state index contributed by atoms with van der Waals surface area (Å²) < 4.78 is 0.414. The molecule has 0 bridgehead atoms. The van der Waals surface area contributed by atoms with Crippen LogP contribution in [0.1, 0.15) is 5.56 Å². The Morgan fingerprint density at radius 3 is 2.71 bits per heavy atom. The van der Waals surface area contributed by atoms with E-state index in [9.17, 15) is 15.2 Å². The van der Waals surface area contributed by atoms with Crippen LogP contribution in [0, 0.1) is 10.1 Å². The molecule has 0 aliphatic heterocycles. The number of benzene rings is 1. The van der Waals surface area contributed by atoms with Gasteiger partial charge in [0.15, 0.2) is 0 Å². The second kappa shape index (κ2) is 4.05. The summed E-state index contributed by atoms with van der Waals surface area (Å²) in [4.78, 5) is 9.72. The predicted molar refractivity (Wildman–Crippen MR) is 51.8 cm³/mol. The van der Waals surface area contributed by atoms with Crippen molar-refractivity contribution >= 4 is 27.8 Å². The number of nitro benzene ring substituents is 1. The normalized spacial score (nSPS) is 10.6. The minimum absolute atomic E-state index is 0.0635. The van der Waals surface area contributed by atoms with Crippen LogP contribution < -0.4 is 0 Å². The number of hydrogen-bond donors (Lipinski definition) is 2. The molecule has 0 atom stereocenters. The van der Waals surface area contributed by atoms with Gasteiger partial charge in [0.2, 0.25) is 5.75 Å².